The van der Waals surface area contributed by atoms with Gasteiger partial charge >= 0.3 is 0 Å². The van der Waals surface area contributed by atoms with Crippen LogP contribution in [-0.2, 0) is 4.79 Å². The summed E-state index contributed by atoms with van der Waals surface area (Å²) in [4.78, 5) is 17.8. The van der Waals surface area contributed by atoms with E-state index in [4.69, 9.17) is 0 Å². The van der Waals surface area contributed by atoms with Gasteiger partial charge in [0.25, 0.3) is 0 Å². The van der Waals surface area contributed by atoms with Crippen LogP contribution in [0.1, 0.15) is 52.4 Å². The molecule has 132 valence electrons. The molecule has 5 fully saturated rings. The highest BCUT2D eigenvalue weighted by atomic mass is 16.2. The standard InChI is InChI=1S/C20H31N3O/c1-14(2)18(13-21)22-3-5-23(6-4-22)19(24)20-10-15-7-16(11-20)9-17(8-15)12-20/h14-18H,3-12H2,1-2H3/t15?,16?,17?,18-,20?/m0/s1. The molecule has 1 amide bonds. The van der Waals surface area contributed by atoms with Gasteiger partial charge in [0.15, 0.2) is 0 Å². The zero-order chi connectivity index (χ0) is 16.9. The molecule has 0 aromatic heterocycles. The molecule has 0 N–H and O–H groups in total. The molecular weight excluding hydrogens is 298 g/mol. The zero-order valence-electron chi connectivity index (χ0n) is 15.2. The molecule has 0 aromatic carbocycles. The predicted molar refractivity (Wildman–Crippen MR) is 93.0 cm³/mol. The number of nitriles is 1. The number of hydrogen-bond donors (Lipinski definition) is 0. The second-order valence-corrected chi connectivity index (χ2v) is 9.34. The topological polar surface area (TPSA) is 47.3 Å². The molecule has 4 aliphatic carbocycles. The van der Waals surface area contributed by atoms with Crippen molar-refractivity contribution in [3.63, 3.8) is 0 Å². The summed E-state index contributed by atoms with van der Waals surface area (Å²) >= 11 is 0. The van der Waals surface area contributed by atoms with Crippen LogP contribution in [0.5, 0.6) is 0 Å². The Morgan fingerprint density at radius 2 is 1.50 bits per heavy atom. The van der Waals surface area contributed by atoms with Crippen molar-refractivity contribution < 1.29 is 4.79 Å². The number of rotatable bonds is 3. The molecule has 1 saturated heterocycles. The summed E-state index contributed by atoms with van der Waals surface area (Å²) < 4.78 is 0. The minimum atomic E-state index is -0.0122. The van der Waals surface area contributed by atoms with E-state index < -0.39 is 0 Å². The molecule has 0 spiro atoms. The average Bonchev–Trinajstić information content (AvgIpc) is 2.54. The molecule has 4 bridgehead atoms. The first-order valence-electron chi connectivity index (χ1n) is 9.94. The first-order chi connectivity index (χ1) is 11.5. The number of amides is 1. The van der Waals surface area contributed by atoms with E-state index in [1.807, 2.05) is 0 Å². The molecule has 0 aromatic rings. The van der Waals surface area contributed by atoms with Gasteiger partial charge in [-0.15, -0.1) is 0 Å². The molecule has 1 heterocycles. The van der Waals surface area contributed by atoms with E-state index in [0.717, 1.165) is 63.2 Å². The van der Waals surface area contributed by atoms with Crippen molar-refractivity contribution >= 4 is 5.91 Å². The summed E-state index contributed by atoms with van der Waals surface area (Å²) in [6.45, 7) is 7.56. The van der Waals surface area contributed by atoms with E-state index in [2.05, 4.69) is 29.7 Å². The Labute approximate surface area is 146 Å². The summed E-state index contributed by atoms with van der Waals surface area (Å²) in [7, 11) is 0. The molecule has 1 aliphatic heterocycles. The smallest absolute Gasteiger partial charge is 0.228 e. The minimum Gasteiger partial charge on any atom is -0.340 e. The van der Waals surface area contributed by atoms with Gasteiger partial charge in [-0.2, -0.15) is 5.26 Å². The normalized spacial score (nSPS) is 39.9. The largest absolute Gasteiger partial charge is 0.340 e. The second-order valence-electron chi connectivity index (χ2n) is 9.34. The zero-order valence-corrected chi connectivity index (χ0v) is 15.2. The highest BCUT2D eigenvalue weighted by molar-refractivity contribution is 5.83. The van der Waals surface area contributed by atoms with Crippen molar-refractivity contribution in [3.05, 3.63) is 0 Å². The maximum absolute atomic E-state index is 13.4. The van der Waals surface area contributed by atoms with Gasteiger partial charge in [0.1, 0.15) is 6.04 Å². The summed E-state index contributed by atoms with van der Waals surface area (Å²) in [6, 6.07) is 2.43. The van der Waals surface area contributed by atoms with Crippen LogP contribution >= 0.6 is 0 Å². The van der Waals surface area contributed by atoms with E-state index >= 15 is 0 Å². The Kier molecular flexibility index (Phi) is 4.11. The Balaban J connectivity index is 1.41. The lowest BCUT2D eigenvalue weighted by Gasteiger charge is -2.57. The maximum Gasteiger partial charge on any atom is 0.228 e. The number of hydrogen-bond acceptors (Lipinski definition) is 3. The van der Waals surface area contributed by atoms with Crippen LogP contribution in [0.15, 0.2) is 0 Å². The summed E-state index contributed by atoms with van der Waals surface area (Å²) in [5, 5.41) is 9.41. The third kappa shape index (κ3) is 2.65. The fraction of sp³-hybridized carbons (Fsp3) is 0.900. The molecule has 24 heavy (non-hydrogen) atoms. The highest BCUT2D eigenvalue weighted by Crippen LogP contribution is 2.60. The molecule has 0 unspecified atom stereocenters. The Morgan fingerprint density at radius 1 is 1.00 bits per heavy atom. The number of piperazine rings is 1. The Bertz CT molecular complexity index is 506. The Hall–Kier alpha value is -1.08. The number of carbonyl (C=O) groups excluding carboxylic acids is 1. The SMILES string of the molecule is CC(C)[C@H](C#N)N1CCN(C(=O)C23CC4CC(CC(C4)C2)C3)CC1. The van der Waals surface area contributed by atoms with Crippen molar-refractivity contribution in [1.82, 2.24) is 9.80 Å². The predicted octanol–water partition coefficient (Wildman–Crippen LogP) is 2.90. The molecular formula is C20H31N3O. The molecule has 4 nitrogen and oxygen atoms in total. The first-order valence-corrected chi connectivity index (χ1v) is 9.94. The highest BCUT2D eigenvalue weighted by Gasteiger charge is 2.55. The van der Waals surface area contributed by atoms with E-state index in [0.29, 0.717) is 11.8 Å². The summed E-state index contributed by atoms with van der Waals surface area (Å²) in [5.74, 6) is 3.28. The number of nitrogens with zero attached hydrogens (tertiary/aromatic N) is 3. The monoisotopic (exact) mass is 329 g/mol. The van der Waals surface area contributed by atoms with E-state index in [9.17, 15) is 10.1 Å². The van der Waals surface area contributed by atoms with Gasteiger partial charge in [0, 0.05) is 26.2 Å². The van der Waals surface area contributed by atoms with Crippen LogP contribution in [-0.4, -0.2) is 47.9 Å². The van der Waals surface area contributed by atoms with Gasteiger partial charge in [-0.1, -0.05) is 13.8 Å². The fourth-order valence-corrected chi connectivity index (χ4v) is 6.56. The first kappa shape index (κ1) is 16.4. The maximum atomic E-state index is 13.4. The molecule has 1 atom stereocenters. The lowest BCUT2D eigenvalue weighted by atomic mass is 9.49. The third-order valence-electron chi connectivity index (χ3n) is 7.25. The molecule has 0 radical (unpaired) electrons. The van der Waals surface area contributed by atoms with Crippen LogP contribution < -0.4 is 0 Å². The van der Waals surface area contributed by atoms with Crippen molar-refractivity contribution in [1.29, 1.82) is 5.26 Å². The van der Waals surface area contributed by atoms with Crippen molar-refractivity contribution in [2.24, 2.45) is 29.1 Å². The van der Waals surface area contributed by atoms with Gasteiger partial charge in [0.2, 0.25) is 5.91 Å². The summed E-state index contributed by atoms with van der Waals surface area (Å²) in [6.07, 6.45) is 7.64. The molecule has 4 saturated carbocycles. The van der Waals surface area contributed by atoms with Gasteiger partial charge in [-0.05, 0) is 62.2 Å². The van der Waals surface area contributed by atoms with Gasteiger partial charge in [-0.3, -0.25) is 9.69 Å². The quantitative estimate of drug-likeness (QED) is 0.800. The minimum absolute atomic E-state index is 0.0103. The molecule has 5 aliphatic rings. The third-order valence-corrected chi connectivity index (χ3v) is 7.25. The molecule has 5 rings (SSSR count). The van der Waals surface area contributed by atoms with E-state index in [1.165, 1.54) is 19.3 Å². The van der Waals surface area contributed by atoms with Gasteiger partial charge in [0.05, 0.1) is 11.5 Å². The fourth-order valence-electron chi connectivity index (χ4n) is 6.56. The van der Waals surface area contributed by atoms with Gasteiger partial charge in [-0.25, -0.2) is 0 Å². The second kappa shape index (κ2) is 6.02. The van der Waals surface area contributed by atoms with Gasteiger partial charge < -0.3 is 4.90 Å². The van der Waals surface area contributed by atoms with Crippen LogP contribution in [0.2, 0.25) is 0 Å². The molecule has 4 heteroatoms. The summed E-state index contributed by atoms with van der Waals surface area (Å²) in [5.41, 5.74) is -0.0103. The lowest BCUT2D eigenvalue weighted by molar-refractivity contribution is -0.159. The van der Waals surface area contributed by atoms with Crippen LogP contribution in [0.25, 0.3) is 0 Å². The van der Waals surface area contributed by atoms with Crippen LogP contribution in [0, 0.1) is 40.4 Å². The lowest BCUT2D eigenvalue weighted by Crippen LogP contribution is -2.59. The van der Waals surface area contributed by atoms with E-state index in [-0.39, 0.29) is 11.5 Å². The van der Waals surface area contributed by atoms with Crippen LogP contribution in [0.4, 0.5) is 0 Å². The average molecular weight is 329 g/mol. The van der Waals surface area contributed by atoms with Crippen molar-refractivity contribution in [2.75, 3.05) is 26.2 Å². The number of carbonyl (C=O) groups is 1. The van der Waals surface area contributed by atoms with Crippen LogP contribution in [0.3, 0.4) is 0 Å². The Morgan fingerprint density at radius 3 is 1.92 bits per heavy atom. The van der Waals surface area contributed by atoms with Crippen molar-refractivity contribution in [3.8, 4) is 6.07 Å². The van der Waals surface area contributed by atoms with Crippen molar-refractivity contribution in [2.45, 2.75) is 58.4 Å². The van der Waals surface area contributed by atoms with E-state index in [1.54, 1.807) is 0 Å².